The van der Waals surface area contributed by atoms with Crippen molar-refractivity contribution in [2.75, 3.05) is 11.4 Å². The van der Waals surface area contributed by atoms with Crippen LogP contribution in [-0.2, 0) is 4.79 Å². The van der Waals surface area contributed by atoms with Crippen molar-refractivity contribution in [1.29, 1.82) is 0 Å². The van der Waals surface area contributed by atoms with Gasteiger partial charge < -0.3 is 5.11 Å². The SMILES string of the molecule is O=C1CC(O)CN1c1cnc(Br)c(Cl)n1. The summed E-state index contributed by atoms with van der Waals surface area (Å²) in [6, 6.07) is 0. The number of carbonyl (C=O) groups is 1. The van der Waals surface area contributed by atoms with Crippen LogP contribution in [0.15, 0.2) is 10.8 Å². The molecule has 1 unspecified atom stereocenters. The van der Waals surface area contributed by atoms with Crippen LogP contribution in [0.3, 0.4) is 0 Å². The summed E-state index contributed by atoms with van der Waals surface area (Å²) in [6.45, 7) is 0.242. The number of β-amino-alcohol motifs (C(OH)–C–C–N with tert-alkyl or cyclic N) is 1. The monoisotopic (exact) mass is 291 g/mol. The van der Waals surface area contributed by atoms with E-state index in [4.69, 9.17) is 11.6 Å². The van der Waals surface area contributed by atoms with E-state index in [0.717, 1.165) is 0 Å². The van der Waals surface area contributed by atoms with Crippen LogP contribution in [0.5, 0.6) is 0 Å². The Morgan fingerprint density at radius 3 is 2.93 bits per heavy atom. The highest BCUT2D eigenvalue weighted by Gasteiger charge is 2.30. The molecule has 0 spiro atoms. The molecule has 0 radical (unpaired) electrons. The molecule has 0 aliphatic carbocycles. The molecule has 0 bridgehead atoms. The molecule has 0 aromatic carbocycles. The molecule has 5 nitrogen and oxygen atoms in total. The molecule has 1 amide bonds. The van der Waals surface area contributed by atoms with Gasteiger partial charge in [0.2, 0.25) is 5.91 Å². The quantitative estimate of drug-likeness (QED) is 0.838. The highest BCUT2D eigenvalue weighted by Crippen LogP contribution is 2.23. The van der Waals surface area contributed by atoms with Gasteiger partial charge in [0.15, 0.2) is 11.0 Å². The number of anilines is 1. The Bertz CT molecular complexity index is 415. The number of rotatable bonds is 1. The summed E-state index contributed by atoms with van der Waals surface area (Å²) in [7, 11) is 0. The molecule has 0 saturated carbocycles. The van der Waals surface area contributed by atoms with Gasteiger partial charge in [-0.15, -0.1) is 0 Å². The van der Waals surface area contributed by atoms with Gasteiger partial charge in [-0.05, 0) is 15.9 Å². The zero-order valence-electron chi connectivity index (χ0n) is 7.52. The summed E-state index contributed by atoms with van der Waals surface area (Å²) in [5.41, 5.74) is 0. The molecule has 1 aromatic heterocycles. The van der Waals surface area contributed by atoms with E-state index < -0.39 is 6.10 Å². The van der Waals surface area contributed by atoms with E-state index in [0.29, 0.717) is 10.4 Å². The number of carbonyl (C=O) groups excluding carboxylic acids is 1. The van der Waals surface area contributed by atoms with E-state index in [1.807, 2.05) is 0 Å². The van der Waals surface area contributed by atoms with Crippen LogP contribution in [0.2, 0.25) is 5.15 Å². The van der Waals surface area contributed by atoms with Crippen molar-refractivity contribution < 1.29 is 9.90 Å². The fraction of sp³-hybridized carbons (Fsp3) is 0.375. The molecule has 2 heterocycles. The topological polar surface area (TPSA) is 66.3 Å². The molecule has 1 aliphatic rings. The van der Waals surface area contributed by atoms with Gasteiger partial charge >= 0.3 is 0 Å². The van der Waals surface area contributed by atoms with Gasteiger partial charge in [-0.25, -0.2) is 9.97 Å². The number of aromatic nitrogens is 2. The van der Waals surface area contributed by atoms with Crippen LogP contribution in [0, 0.1) is 0 Å². The van der Waals surface area contributed by atoms with Crippen LogP contribution < -0.4 is 4.90 Å². The summed E-state index contributed by atoms with van der Waals surface area (Å²) in [6.07, 6.45) is 0.920. The summed E-state index contributed by atoms with van der Waals surface area (Å²) in [5.74, 6) is 0.194. The number of hydrogen-bond donors (Lipinski definition) is 1. The molecule has 15 heavy (non-hydrogen) atoms. The molecule has 2 rings (SSSR count). The van der Waals surface area contributed by atoms with Crippen LogP contribution >= 0.6 is 27.5 Å². The first kappa shape index (κ1) is 10.8. The largest absolute Gasteiger partial charge is 0.391 e. The first-order chi connectivity index (χ1) is 7.08. The van der Waals surface area contributed by atoms with Crippen molar-refractivity contribution in [3.63, 3.8) is 0 Å². The van der Waals surface area contributed by atoms with Crippen molar-refractivity contribution in [1.82, 2.24) is 9.97 Å². The van der Waals surface area contributed by atoms with Gasteiger partial charge in [0.05, 0.1) is 25.3 Å². The number of amides is 1. The fourth-order valence-electron chi connectivity index (χ4n) is 1.38. The highest BCUT2D eigenvalue weighted by atomic mass is 79.9. The molecule has 1 aliphatic heterocycles. The van der Waals surface area contributed by atoms with Crippen LogP contribution in [0.25, 0.3) is 0 Å². The minimum Gasteiger partial charge on any atom is -0.391 e. The van der Waals surface area contributed by atoms with Crippen LogP contribution in [0.4, 0.5) is 5.82 Å². The minimum atomic E-state index is -0.637. The van der Waals surface area contributed by atoms with E-state index >= 15 is 0 Å². The van der Waals surface area contributed by atoms with E-state index in [1.165, 1.54) is 11.1 Å². The highest BCUT2D eigenvalue weighted by molar-refractivity contribution is 9.10. The molecule has 1 atom stereocenters. The van der Waals surface area contributed by atoms with Gasteiger partial charge in [0.25, 0.3) is 0 Å². The fourth-order valence-corrected chi connectivity index (χ4v) is 1.71. The Balaban J connectivity index is 2.30. The summed E-state index contributed by atoms with van der Waals surface area (Å²) < 4.78 is 0.431. The maximum Gasteiger partial charge on any atom is 0.230 e. The second-order valence-corrected chi connectivity index (χ2v) is 4.28. The number of aliphatic hydroxyl groups excluding tert-OH is 1. The average molecular weight is 293 g/mol. The Hall–Kier alpha value is -0.720. The Morgan fingerprint density at radius 1 is 1.67 bits per heavy atom. The lowest BCUT2D eigenvalue weighted by molar-refractivity contribution is -0.117. The van der Waals surface area contributed by atoms with E-state index in [9.17, 15) is 9.90 Å². The first-order valence-corrected chi connectivity index (χ1v) is 5.41. The van der Waals surface area contributed by atoms with Crippen molar-refractivity contribution in [3.8, 4) is 0 Å². The van der Waals surface area contributed by atoms with Crippen molar-refractivity contribution >= 4 is 39.3 Å². The third-order valence-electron chi connectivity index (χ3n) is 2.06. The normalized spacial score (nSPS) is 21.1. The Morgan fingerprint density at radius 2 is 2.40 bits per heavy atom. The van der Waals surface area contributed by atoms with E-state index in [1.54, 1.807) is 0 Å². The summed E-state index contributed by atoms with van der Waals surface area (Å²) >= 11 is 8.86. The third-order valence-corrected chi connectivity index (χ3v) is 3.13. The molecule has 80 valence electrons. The first-order valence-electron chi connectivity index (χ1n) is 4.24. The molecule has 1 N–H and O–H groups in total. The predicted octanol–water partition coefficient (Wildman–Crippen LogP) is 0.990. The number of nitrogens with zero attached hydrogens (tertiary/aromatic N) is 3. The molecular weight excluding hydrogens is 285 g/mol. The van der Waals surface area contributed by atoms with Gasteiger partial charge in [0.1, 0.15) is 4.60 Å². The predicted molar refractivity (Wildman–Crippen MR) is 57.7 cm³/mol. The Labute approximate surface area is 99.2 Å². The van der Waals surface area contributed by atoms with Crippen molar-refractivity contribution in [2.24, 2.45) is 0 Å². The second kappa shape index (κ2) is 4.03. The third kappa shape index (κ3) is 2.11. The number of aliphatic hydroxyl groups is 1. The summed E-state index contributed by atoms with van der Waals surface area (Å²) in [4.78, 5) is 20.7. The number of halogens is 2. The lowest BCUT2D eigenvalue weighted by atomic mass is 10.3. The van der Waals surface area contributed by atoms with Gasteiger partial charge in [0, 0.05) is 0 Å². The molecule has 1 aromatic rings. The lowest BCUT2D eigenvalue weighted by Gasteiger charge is -2.14. The van der Waals surface area contributed by atoms with Gasteiger partial charge in [-0.3, -0.25) is 9.69 Å². The smallest absolute Gasteiger partial charge is 0.230 e. The maximum atomic E-state index is 11.4. The summed E-state index contributed by atoms with van der Waals surface area (Å²) in [5, 5.41) is 9.50. The average Bonchev–Trinajstić information content (AvgIpc) is 2.50. The van der Waals surface area contributed by atoms with Crippen LogP contribution in [-0.4, -0.2) is 33.6 Å². The molecule has 1 saturated heterocycles. The van der Waals surface area contributed by atoms with Crippen molar-refractivity contribution in [2.45, 2.75) is 12.5 Å². The zero-order chi connectivity index (χ0) is 11.0. The van der Waals surface area contributed by atoms with Gasteiger partial charge in [-0.2, -0.15) is 0 Å². The molecule has 7 heteroatoms. The number of hydrogen-bond acceptors (Lipinski definition) is 4. The zero-order valence-corrected chi connectivity index (χ0v) is 9.86. The minimum absolute atomic E-state index is 0.120. The lowest BCUT2D eigenvalue weighted by Crippen LogP contribution is -2.26. The molecule has 1 fully saturated rings. The molecular formula is C8H7BrClN3O2. The maximum absolute atomic E-state index is 11.4. The van der Waals surface area contributed by atoms with Crippen molar-refractivity contribution in [3.05, 3.63) is 16.0 Å². The van der Waals surface area contributed by atoms with E-state index in [-0.39, 0.29) is 24.0 Å². The van der Waals surface area contributed by atoms with Crippen LogP contribution in [0.1, 0.15) is 6.42 Å². The standard InChI is InChI=1S/C8H7BrClN3O2/c9-7-8(10)12-5(2-11-7)13-3-4(14)1-6(13)15/h2,4,14H,1,3H2. The van der Waals surface area contributed by atoms with E-state index in [2.05, 4.69) is 25.9 Å². The Kier molecular flexibility index (Phi) is 2.90. The van der Waals surface area contributed by atoms with Gasteiger partial charge in [-0.1, -0.05) is 11.6 Å². The second-order valence-electron chi connectivity index (χ2n) is 3.17.